The largest absolute Gasteiger partial charge is 0.356 e. The van der Waals surface area contributed by atoms with Crippen LogP contribution in [0.3, 0.4) is 0 Å². The van der Waals surface area contributed by atoms with Gasteiger partial charge in [-0.05, 0) is 62.9 Å². The Balaban J connectivity index is 1.11. The molecule has 2 N–H and O–H groups in total. The van der Waals surface area contributed by atoms with Gasteiger partial charge in [0.25, 0.3) is 0 Å². The first kappa shape index (κ1) is 21.3. The molecule has 2 bridgehead atoms. The summed E-state index contributed by atoms with van der Waals surface area (Å²) in [6.07, 6.45) is 9.79. The minimum Gasteiger partial charge on any atom is -0.356 e. The number of guanidine groups is 1. The van der Waals surface area contributed by atoms with Gasteiger partial charge in [0.05, 0.1) is 11.8 Å². The number of piperidine rings is 1. The highest BCUT2D eigenvalue weighted by Gasteiger charge is 2.58. The first-order chi connectivity index (χ1) is 14.6. The molecule has 5 atom stereocenters. The molecule has 1 saturated carbocycles. The third-order valence-corrected chi connectivity index (χ3v) is 7.32. The highest BCUT2D eigenvalue weighted by molar-refractivity contribution is 6.06. The number of likely N-dealkylation sites (tertiary alicyclic amines) is 2. The maximum absolute atomic E-state index is 12.7. The van der Waals surface area contributed by atoms with Crippen molar-refractivity contribution in [1.82, 2.24) is 20.4 Å². The first-order valence-electron chi connectivity index (χ1n) is 11.8. The molecule has 0 radical (unpaired) electrons. The average molecular weight is 416 g/mol. The third-order valence-electron chi connectivity index (χ3n) is 7.32. The molecular weight excluding hydrogens is 378 g/mol. The van der Waals surface area contributed by atoms with Gasteiger partial charge < -0.3 is 15.5 Å². The maximum atomic E-state index is 12.7. The van der Waals surface area contributed by atoms with Crippen LogP contribution in [0, 0.1) is 29.6 Å². The lowest BCUT2D eigenvalue weighted by Crippen LogP contribution is -2.41. The smallest absolute Gasteiger partial charge is 0.233 e. The molecule has 2 aliphatic carbocycles. The van der Waals surface area contributed by atoms with Crippen LogP contribution in [0.25, 0.3) is 0 Å². The minimum absolute atomic E-state index is 0.0522. The van der Waals surface area contributed by atoms with Gasteiger partial charge in [-0.2, -0.15) is 0 Å². The molecule has 0 aromatic heterocycles. The van der Waals surface area contributed by atoms with Gasteiger partial charge in [0.15, 0.2) is 5.96 Å². The fourth-order valence-electron chi connectivity index (χ4n) is 5.85. The lowest BCUT2D eigenvalue weighted by atomic mass is 9.85. The van der Waals surface area contributed by atoms with Crippen molar-refractivity contribution in [3.05, 3.63) is 12.2 Å². The normalized spacial score (nSPS) is 33.5. The molecule has 3 fully saturated rings. The molecule has 5 unspecified atom stereocenters. The quantitative estimate of drug-likeness (QED) is 0.206. The van der Waals surface area contributed by atoms with Crippen LogP contribution in [0.1, 0.15) is 39.0 Å². The van der Waals surface area contributed by atoms with Crippen LogP contribution in [0.5, 0.6) is 0 Å². The number of imide groups is 1. The zero-order chi connectivity index (χ0) is 21.1. The Kier molecular flexibility index (Phi) is 6.76. The highest BCUT2D eigenvalue weighted by Crippen LogP contribution is 2.52. The predicted octanol–water partition coefficient (Wildman–Crippen LogP) is 1.47. The molecule has 2 heterocycles. The Hall–Kier alpha value is -1.89. The zero-order valence-corrected chi connectivity index (χ0v) is 18.5. The van der Waals surface area contributed by atoms with Gasteiger partial charge in [0.1, 0.15) is 0 Å². The summed E-state index contributed by atoms with van der Waals surface area (Å²) in [7, 11) is 1.78. The summed E-state index contributed by atoms with van der Waals surface area (Å²) in [5.74, 6) is 2.12. The van der Waals surface area contributed by atoms with Crippen LogP contribution in [0.4, 0.5) is 0 Å². The lowest BCUT2D eigenvalue weighted by molar-refractivity contribution is -0.140. The van der Waals surface area contributed by atoms with Crippen molar-refractivity contribution < 1.29 is 9.59 Å². The Morgan fingerprint density at radius 2 is 1.70 bits per heavy atom. The highest BCUT2D eigenvalue weighted by atomic mass is 16.2. The van der Waals surface area contributed by atoms with Gasteiger partial charge in [0.2, 0.25) is 11.8 Å². The van der Waals surface area contributed by atoms with Gasteiger partial charge in [-0.1, -0.05) is 19.1 Å². The number of hydrogen-bond donors (Lipinski definition) is 2. The molecule has 0 aromatic carbocycles. The molecule has 0 spiro atoms. The first-order valence-corrected chi connectivity index (χ1v) is 11.8. The molecule has 166 valence electrons. The van der Waals surface area contributed by atoms with E-state index in [9.17, 15) is 9.59 Å². The summed E-state index contributed by atoms with van der Waals surface area (Å²) in [5.41, 5.74) is 0. The van der Waals surface area contributed by atoms with E-state index in [1.54, 1.807) is 7.05 Å². The summed E-state index contributed by atoms with van der Waals surface area (Å²) in [6.45, 7) is 8.01. The SMILES string of the molecule is CN=C(NCCCN1CCCC(C)C1)NCCCN1C(=O)C2C3C=CC(C3)C2C1=O. The van der Waals surface area contributed by atoms with E-state index in [0.717, 1.165) is 44.2 Å². The van der Waals surface area contributed by atoms with Crippen molar-refractivity contribution in [3.8, 4) is 0 Å². The Morgan fingerprint density at radius 3 is 2.30 bits per heavy atom. The second-order valence-corrected chi connectivity index (χ2v) is 9.51. The fraction of sp³-hybridized carbons (Fsp3) is 0.783. The number of nitrogens with zero attached hydrogens (tertiary/aromatic N) is 3. The summed E-state index contributed by atoms with van der Waals surface area (Å²) in [5, 5.41) is 6.69. The van der Waals surface area contributed by atoms with Crippen LogP contribution < -0.4 is 10.6 Å². The monoisotopic (exact) mass is 415 g/mol. The van der Waals surface area contributed by atoms with Crippen molar-refractivity contribution >= 4 is 17.8 Å². The van der Waals surface area contributed by atoms with Crippen molar-refractivity contribution in [1.29, 1.82) is 0 Å². The fourth-order valence-corrected chi connectivity index (χ4v) is 5.85. The molecular formula is C23H37N5O2. The van der Waals surface area contributed by atoms with Crippen LogP contribution >= 0.6 is 0 Å². The third kappa shape index (κ3) is 4.41. The second-order valence-electron chi connectivity index (χ2n) is 9.51. The van der Waals surface area contributed by atoms with Gasteiger partial charge in [-0.15, -0.1) is 0 Å². The van der Waals surface area contributed by atoms with Crippen molar-refractivity contribution in [2.75, 3.05) is 46.3 Å². The summed E-state index contributed by atoms with van der Waals surface area (Å²) < 4.78 is 0. The number of fused-ring (bicyclic) bond motifs is 5. The number of aliphatic imine (C=N–C) groups is 1. The lowest BCUT2D eigenvalue weighted by Gasteiger charge is -2.30. The summed E-state index contributed by atoms with van der Waals surface area (Å²) >= 11 is 0. The van der Waals surface area contributed by atoms with E-state index in [1.165, 1.54) is 30.8 Å². The number of allylic oxidation sites excluding steroid dienone is 2. The van der Waals surface area contributed by atoms with E-state index in [1.807, 2.05) is 0 Å². The van der Waals surface area contributed by atoms with Gasteiger partial charge in [0, 0.05) is 33.2 Å². The molecule has 2 aliphatic heterocycles. The predicted molar refractivity (Wildman–Crippen MR) is 118 cm³/mol. The molecule has 2 amide bonds. The van der Waals surface area contributed by atoms with Crippen molar-refractivity contribution in [2.45, 2.75) is 39.0 Å². The van der Waals surface area contributed by atoms with E-state index in [2.05, 4.69) is 39.6 Å². The van der Waals surface area contributed by atoms with Gasteiger partial charge >= 0.3 is 0 Å². The van der Waals surface area contributed by atoms with E-state index in [4.69, 9.17) is 0 Å². The van der Waals surface area contributed by atoms with Crippen LogP contribution in [-0.4, -0.2) is 73.9 Å². The van der Waals surface area contributed by atoms with E-state index >= 15 is 0 Å². The van der Waals surface area contributed by atoms with E-state index in [0.29, 0.717) is 13.1 Å². The van der Waals surface area contributed by atoms with E-state index < -0.39 is 0 Å². The Morgan fingerprint density at radius 1 is 1.07 bits per heavy atom. The van der Waals surface area contributed by atoms with Gasteiger partial charge in [-0.3, -0.25) is 19.5 Å². The van der Waals surface area contributed by atoms with Crippen molar-refractivity contribution in [3.63, 3.8) is 0 Å². The zero-order valence-electron chi connectivity index (χ0n) is 18.5. The summed E-state index contributed by atoms with van der Waals surface area (Å²) in [4.78, 5) is 33.8. The molecule has 30 heavy (non-hydrogen) atoms. The number of carbonyl (C=O) groups excluding carboxylic acids is 2. The molecule has 2 saturated heterocycles. The number of rotatable bonds is 8. The topological polar surface area (TPSA) is 77.0 Å². The summed E-state index contributed by atoms with van der Waals surface area (Å²) in [6, 6.07) is 0. The number of carbonyl (C=O) groups is 2. The molecule has 4 aliphatic rings. The van der Waals surface area contributed by atoms with Crippen molar-refractivity contribution in [2.24, 2.45) is 34.6 Å². The standard InChI is InChI=1S/C23H37N5O2/c1-16-6-3-11-27(15-16)12-4-9-25-23(24-2)26-10-5-13-28-21(29)19-17-7-8-18(14-17)20(19)22(28)30/h7-8,16-20H,3-6,9-15H2,1-2H3,(H2,24,25,26). The minimum atomic E-state index is -0.0854. The second kappa shape index (κ2) is 9.50. The Labute approximate surface area is 180 Å². The number of hydrogen-bond acceptors (Lipinski definition) is 4. The molecule has 7 nitrogen and oxygen atoms in total. The van der Waals surface area contributed by atoms with Crippen LogP contribution in [-0.2, 0) is 9.59 Å². The molecule has 7 heteroatoms. The maximum Gasteiger partial charge on any atom is 0.233 e. The van der Waals surface area contributed by atoms with Gasteiger partial charge in [-0.25, -0.2) is 0 Å². The van der Waals surface area contributed by atoms with Crippen LogP contribution in [0.15, 0.2) is 17.1 Å². The average Bonchev–Trinajstić information content (AvgIpc) is 3.42. The molecule has 0 aromatic rings. The van der Waals surface area contributed by atoms with Crippen LogP contribution in [0.2, 0.25) is 0 Å². The van der Waals surface area contributed by atoms with E-state index in [-0.39, 0.29) is 35.5 Å². The molecule has 4 rings (SSSR count). The number of amides is 2. The Bertz CT molecular complexity index is 676. The number of nitrogens with one attached hydrogen (secondary N) is 2.